The molecule has 3 unspecified atom stereocenters. The van der Waals surface area contributed by atoms with Crippen LogP contribution in [0.15, 0.2) is 109 Å². The molecule has 0 saturated heterocycles. The predicted octanol–water partition coefficient (Wildman–Crippen LogP) is 7.83. The van der Waals surface area contributed by atoms with E-state index >= 15 is 0 Å². The molecule has 5 aromatic rings. The Balaban J connectivity index is 1.20. The van der Waals surface area contributed by atoms with Crippen LogP contribution in [-0.2, 0) is 27.1 Å². The Hall–Kier alpha value is -4.52. The van der Waals surface area contributed by atoms with Gasteiger partial charge in [-0.15, -0.1) is 0 Å². The van der Waals surface area contributed by atoms with Crippen molar-refractivity contribution in [2.75, 3.05) is 27.2 Å². The number of nitrogens with zero attached hydrogens (tertiary/aromatic N) is 1. The van der Waals surface area contributed by atoms with Gasteiger partial charge in [-0.3, -0.25) is 9.69 Å². The first-order valence-electron chi connectivity index (χ1n) is 16.2. The van der Waals surface area contributed by atoms with Crippen molar-refractivity contribution >= 4 is 22.9 Å². The van der Waals surface area contributed by atoms with Crippen molar-refractivity contribution in [1.82, 2.24) is 15.2 Å². The predicted molar refractivity (Wildman–Crippen MR) is 183 cm³/mol. The molecule has 1 amide bonds. The van der Waals surface area contributed by atoms with E-state index in [-0.39, 0.29) is 17.6 Å². The lowest BCUT2D eigenvalue weighted by Gasteiger charge is -2.55. The number of rotatable bonds is 7. The van der Waals surface area contributed by atoms with Crippen LogP contribution in [0.1, 0.15) is 41.6 Å². The van der Waals surface area contributed by atoms with Crippen molar-refractivity contribution in [3.05, 3.63) is 137 Å². The summed E-state index contributed by atoms with van der Waals surface area (Å²) in [6.07, 6.45) is 6.54. The first kappa shape index (κ1) is 30.2. The zero-order valence-corrected chi connectivity index (χ0v) is 26.4. The van der Waals surface area contributed by atoms with Gasteiger partial charge in [0.2, 0.25) is 5.91 Å². The highest BCUT2D eigenvalue weighted by atomic mass is 19.1. The molecule has 0 bridgehead atoms. The monoisotopic (exact) mass is 613 g/mol. The van der Waals surface area contributed by atoms with Crippen molar-refractivity contribution in [3.63, 3.8) is 0 Å². The van der Waals surface area contributed by atoms with Crippen LogP contribution in [0.5, 0.6) is 0 Å². The van der Waals surface area contributed by atoms with Gasteiger partial charge in [-0.05, 0) is 97.9 Å². The Morgan fingerprint density at radius 1 is 0.957 bits per heavy atom. The van der Waals surface area contributed by atoms with Gasteiger partial charge >= 0.3 is 0 Å². The van der Waals surface area contributed by atoms with Gasteiger partial charge in [-0.1, -0.05) is 78.9 Å². The van der Waals surface area contributed by atoms with Crippen molar-refractivity contribution < 1.29 is 13.9 Å². The average Bonchev–Trinajstić information content (AvgIpc) is 3.48. The van der Waals surface area contributed by atoms with Crippen LogP contribution < -0.4 is 5.32 Å². The summed E-state index contributed by atoms with van der Waals surface area (Å²) in [6.45, 7) is 1.04. The van der Waals surface area contributed by atoms with Gasteiger partial charge in [0.15, 0.2) is 0 Å². The number of nitrogens with one attached hydrogen (secondary N) is 2. The van der Waals surface area contributed by atoms with Crippen LogP contribution in [0.4, 0.5) is 4.39 Å². The van der Waals surface area contributed by atoms with Crippen molar-refractivity contribution in [1.29, 1.82) is 0 Å². The van der Waals surface area contributed by atoms with E-state index < -0.39 is 11.1 Å². The molecule has 2 heterocycles. The Kier molecular flexibility index (Phi) is 8.09. The van der Waals surface area contributed by atoms with Crippen LogP contribution in [0.2, 0.25) is 0 Å². The third-order valence-corrected chi connectivity index (χ3v) is 10.3. The second kappa shape index (κ2) is 12.3. The highest BCUT2D eigenvalue weighted by Crippen LogP contribution is 2.55. The molecule has 4 aromatic carbocycles. The van der Waals surface area contributed by atoms with Gasteiger partial charge in [0.25, 0.3) is 0 Å². The van der Waals surface area contributed by atoms with Gasteiger partial charge in [0, 0.05) is 35.0 Å². The summed E-state index contributed by atoms with van der Waals surface area (Å²) in [7, 11) is 4.14. The third kappa shape index (κ3) is 5.46. The molecule has 2 N–H and O–H groups in total. The minimum Gasteiger partial charge on any atom is -0.368 e. The van der Waals surface area contributed by atoms with Gasteiger partial charge < -0.3 is 15.0 Å². The number of carbonyl (C=O) groups is 1. The highest BCUT2D eigenvalue weighted by molar-refractivity contribution is 5.92. The Morgan fingerprint density at radius 2 is 1.74 bits per heavy atom. The number of carbonyl (C=O) groups excluding carboxylic acids is 1. The largest absolute Gasteiger partial charge is 0.368 e. The lowest BCUT2D eigenvalue weighted by Crippen LogP contribution is -2.57. The molecular weight excluding hydrogens is 573 g/mol. The van der Waals surface area contributed by atoms with E-state index in [1.165, 1.54) is 17.0 Å². The fourth-order valence-electron chi connectivity index (χ4n) is 7.87. The zero-order chi connectivity index (χ0) is 31.7. The summed E-state index contributed by atoms with van der Waals surface area (Å²) >= 11 is 0. The summed E-state index contributed by atoms with van der Waals surface area (Å²) in [4.78, 5) is 19.3. The van der Waals surface area contributed by atoms with E-state index in [2.05, 4.69) is 77.8 Å². The molecule has 3 atom stereocenters. The first-order chi connectivity index (χ1) is 22.4. The first-order valence-corrected chi connectivity index (χ1v) is 16.2. The molecule has 1 aromatic heterocycles. The lowest BCUT2D eigenvalue weighted by molar-refractivity contribution is -0.153. The lowest BCUT2D eigenvalue weighted by atomic mass is 9.62. The number of amides is 1. The van der Waals surface area contributed by atoms with Crippen LogP contribution in [0.3, 0.4) is 0 Å². The topological polar surface area (TPSA) is 57.4 Å². The SMILES string of the molecule is CN(C)C1(c2cccc(F)c2)CCC2(OCCc3c2[nH]c2ccccc32)C(CNC(=O)/C=C/c2cccc(-c3ccccc3)c2)C1. The summed E-state index contributed by atoms with van der Waals surface area (Å²) in [5.74, 6) is -0.463. The summed E-state index contributed by atoms with van der Waals surface area (Å²) in [6, 6.07) is 33.8. The number of fused-ring (bicyclic) bond motifs is 4. The number of para-hydroxylation sites is 1. The van der Waals surface area contributed by atoms with Crippen molar-refractivity contribution in [3.8, 4) is 11.1 Å². The number of aromatic amines is 1. The fourth-order valence-corrected chi connectivity index (χ4v) is 7.87. The van der Waals surface area contributed by atoms with Crippen molar-refractivity contribution in [2.45, 2.75) is 36.8 Å². The normalized spacial score (nSPS) is 22.8. The van der Waals surface area contributed by atoms with E-state index in [1.54, 1.807) is 18.2 Å². The van der Waals surface area contributed by atoms with E-state index in [1.807, 2.05) is 42.5 Å². The standard InChI is InChI=1S/C40H40FN3O2/c1-44(2)39(31-14-9-15-33(41)25-31)21-22-40(38-35(20-23-46-40)34-16-6-7-17-36(34)43-38)32(26-39)27-42-37(45)19-18-28-10-8-13-30(24-28)29-11-4-3-5-12-29/h3-19,24-25,32,43H,20-23,26-27H2,1-2H3,(H,42,45)/b19-18+. The Labute approximate surface area is 270 Å². The molecule has 1 aliphatic carbocycles. The third-order valence-electron chi connectivity index (χ3n) is 10.3. The molecule has 5 nitrogen and oxygen atoms in total. The number of aromatic nitrogens is 1. The van der Waals surface area contributed by atoms with Gasteiger partial charge in [0.1, 0.15) is 11.4 Å². The fraction of sp³-hybridized carbons (Fsp3) is 0.275. The van der Waals surface area contributed by atoms with Crippen LogP contribution in [0.25, 0.3) is 28.1 Å². The number of halogens is 1. The molecule has 1 aliphatic heterocycles. The number of hydrogen-bond donors (Lipinski definition) is 2. The maximum absolute atomic E-state index is 14.6. The number of H-pyrrole nitrogens is 1. The molecule has 1 saturated carbocycles. The number of ether oxygens (including phenoxy) is 1. The minimum absolute atomic E-state index is 0.0715. The summed E-state index contributed by atoms with van der Waals surface area (Å²) < 4.78 is 21.4. The molecule has 46 heavy (non-hydrogen) atoms. The number of hydrogen-bond acceptors (Lipinski definition) is 3. The second-order valence-electron chi connectivity index (χ2n) is 12.9. The van der Waals surface area contributed by atoms with Gasteiger partial charge in [-0.2, -0.15) is 0 Å². The molecule has 0 radical (unpaired) electrons. The molecule has 1 spiro atoms. The van der Waals surface area contributed by atoms with E-state index in [0.29, 0.717) is 19.6 Å². The Morgan fingerprint density at radius 3 is 2.57 bits per heavy atom. The second-order valence-corrected chi connectivity index (χ2v) is 12.9. The average molecular weight is 614 g/mol. The molecule has 1 fully saturated rings. The molecule has 234 valence electrons. The van der Waals surface area contributed by atoms with Crippen molar-refractivity contribution in [2.24, 2.45) is 5.92 Å². The highest BCUT2D eigenvalue weighted by Gasteiger charge is 2.55. The molecule has 2 aliphatic rings. The van der Waals surface area contributed by atoms with Gasteiger partial charge in [0.05, 0.1) is 12.3 Å². The molecular formula is C40H40FN3O2. The molecule has 6 heteroatoms. The number of benzene rings is 4. The zero-order valence-electron chi connectivity index (χ0n) is 26.4. The maximum atomic E-state index is 14.6. The summed E-state index contributed by atoms with van der Waals surface area (Å²) in [5.41, 5.74) is 6.68. The van der Waals surface area contributed by atoms with E-state index in [9.17, 15) is 9.18 Å². The maximum Gasteiger partial charge on any atom is 0.244 e. The summed E-state index contributed by atoms with van der Waals surface area (Å²) in [5, 5.41) is 4.47. The Bertz CT molecular complexity index is 1900. The molecule has 7 rings (SSSR count). The smallest absolute Gasteiger partial charge is 0.244 e. The van der Waals surface area contributed by atoms with E-state index in [0.717, 1.165) is 52.7 Å². The van der Waals surface area contributed by atoms with Crippen LogP contribution in [0, 0.1) is 11.7 Å². The van der Waals surface area contributed by atoms with Crippen LogP contribution >= 0.6 is 0 Å². The van der Waals surface area contributed by atoms with Gasteiger partial charge in [-0.25, -0.2) is 4.39 Å². The quantitative estimate of drug-likeness (QED) is 0.184. The minimum atomic E-state index is -0.597. The van der Waals surface area contributed by atoms with Crippen LogP contribution in [-0.4, -0.2) is 43.0 Å². The van der Waals surface area contributed by atoms with E-state index in [4.69, 9.17) is 4.74 Å².